The summed E-state index contributed by atoms with van der Waals surface area (Å²) >= 11 is 1.71. The minimum absolute atomic E-state index is 0.137. The van der Waals surface area contributed by atoms with E-state index in [0.29, 0.717) is 13.1 Å². The number of ether oxygens (including phenoxy) is 1. The van der Waals surface area contributed by atoms with Gasteiger partial charge in [0.15, 0.2) is 0 Å². The number of carbonyl (C=O) groups is 1. The van der Waals surface area contributed by atoms with Crippen LogP contribution in [0, 0.1) is 17.2 Å². The molecule has 0 aliphatic carbocycles. The summed E-state index contributed by atoms with van der Waals surface area (Å²) in [6.07, 6.45) is 0. The van der Waals surface area contributed by atoms with E-state index in [-0.39, 0.29) is 18.0 Å². The predicted octanol–water partition coefficient (Wildman–Crippen LogP) is 1.92. The van der Waals surface area contributed by atoms with Crippen LogP contribution in [0.3, 0.4) is 0 Å². The smallest absolute Gasteiger partial charge is 0.317 e. The first-order valence-electron chi connectivity index (χ1n) is 7.85. The zero-order valence-corrected chi connectivity index (χ0v) is 14.5. The highest BCUT2D eigenvalue weighted by atomic mass is 32.1. The van der Waals surface area contributed by atoms with Gasteiger partial charge in [-0.2, -0.15) is 5.26 Å². The highest BCUT2D eigenvalue weighted by Crippen LogP contribution is 2.25. The standard InChI is InChI=1S/C16H24N4O2S/c1-13(10-17)12-19(2)16(21)18-11-14(15-4-3-9-23-15)20-5-7-22-8-6-20/h3-4,9,13-14H,5-8,11-12H2,1-2H3,(H,18,21)/t13-,14+/m0/s1. The zero-order valence-electron chi connectivity index (χ0n) is 13.7. The van der Waals surface area contributed by atoms with Crippen LogP contribution < -0.4 is 5.32 Å². The van der Waals surface area contributed by atoms with Crippen molar-refractivity contribution in [2.75, 3.05) is 46.4 Å². The van der Waals surface area contributed by atoms with Crippen LogP contribution in [0.25, 0.3) is 0 Å². The van der Waals surface area contributed by atoms with Gasteiger partial charge in [-0.15, -0.1) is 11.3 Å². The maximum absolute atomic E-state index is 12.2. The van der Waals surface area contributed by atoms with Gasteiger partial charge in [0.05, 0.1) is 31.2 Å². The second-order valence-corrected chi connectivity index (χ2v) is 6.76. The van der Waals surface area contributed by atoms with Crippen LogP contribution in [0.2, 0.25) is 0 Å². The number of rotatable bonds is 6. The average molecular weight is 336 g/mol. The normalized spacial score (nSPS) is 18.0. The third-order valence-electron chi connectivity index (χ3n) is 3.92. The molecule has 6 nitrogen and oxygen atoms in total. The van der Waals surface area contributed by atoms with E-state index in [0.717, 1.165) is 26.3 Å². The van der Waals surface area contributed by atoms with Gasteiger partial charge in [0.1, 0.15) is 0 Å². The Morgan fingerprint density at radius 1 is 1.57 bits per heavy atom. The van der Waals surface area contributed by atoms with Crippen molar-refractivity contribution < 1.29 is 9.53 Å². The van der Waals surface area contributed by atoms with E-state index in [9.17, 15) is 4.79 Å². The first-order chi connectivity index (χ1) is 11.1. The molecule has 1 aliphatic rings. The van der Waals surface area contributed by atoms with Crippen molar-refractivity contribution in [1.82, 2.24) is 15.1 Å². The molecule has 0 unspecified atom stereocenters. The second-order valence-electron chi connectivity index (χ2n) is 5.78. The number of nitriles is 1. The van der Waals surface area contributed by atoms with Crippen molar-refractivity contribution in [2.24, 2.45) is 5.92 Å². The molecule has 0 spiro atoms. The number of carbonyl (C=O) groups excluding carboxylic acids is 1. The van der Waals surface area contributed by atoms with Crippen LogP contribution >= 0.6 is 11.3 Å². The third-order valence-corrected chi connectivity index (χ3v) is 4.89. The van der Waals surface area contributed by atoms with Gasteiger partial charge in [0.2, 0.25) is 0 Å². The molecule has 2 amide bonds. The first kappa shape index (κ1) is 17.7. The lowest BCUT2D eigenvalue weighted by Crippen LogP contribution is -2.46. The van der Waals surface area contributed by atoms with Crippen LogP contribution in [-0.2, 0) is 4.74 Å². The van der Waals surface area contributed by atoms with Gasteiger partial charge < -0.3 is 15.0 Å². The SMILES string of the molecule is C[C@@H](C#N)CN(C)C(=O)NC[C@H](c1cccs1)N1CCOCC1. The molecular formula is C16H24N4O2S. The molecule has 7 heteroatoms. The van der Waals surface area contributed by atoms with E-state index in [1.807, 2.05) is 13.0 Å². The summed E-state index contributed by atoms with van der Waals surface area (Å²) in [6, 6.07) is 6.33. The molecule has 23 heavy (non-hydrogen) atoms. The highest BCUT2D eigenvalue weighted by Gasteiger charge is 2.24. The van der Waals surface area contributed by atoms with Gasteiger partial charge >= 0.3 is 6.03 Å². The molecule has 2 heterocycles. The van der Waals surface area contributed by atoms with Crippen LogP contribution in [0.4, 0.5) is 4.79 Å². The van der Waals surface area contributed by atoms with E-state index >= 15 is 0 Å². The van der Waals surface area contributed by atoms with Crippen LogP contribution in [0.5, 0.6) is 0 Å². The summed E-state index contributed by atoms with van der Waals surface area (Å²) in [5.74, 6) is -0.168. The lowest BCUT2D eigenvalue weighted by molar-refractivity contribution is 0.0172. The molecule has 0 radical (unpaired) electrons. The average Bonchev–Trinajstić information content (AvgIpc) is 3.10. The molecular weight excluding hydrogens is 312 g/mol. The fourth-order valence-corrected chi connectivity index (χ4v) is 3.49. The second kappa shape index (κ2) is 8.87. The number of urea groups is 1. The molecule has 1 aliphatic heterocycles. The van der Waals surface area contributed by atoms with E-state index in [2.05, 4.69) is 27.7 Å². The number of hydrogen-bond acceptors (Lipinski definition) is 5. The number of thiophene rings is 1. The van der Waals surface area contributed by atoms with Crippen LogP contribution in [-0.4, -0.2) is 62.3 Å². The van der Waals surface area contributed by atoms with Gasteiger partial charge in [-0.1, -0.05) is 6.07 Å². The van der Waals surface area contributed by atoms with Gasteiger partial charge in [-0.05, 0) is 18.4 Å². The highest BCUT2D eigenvalue weighted by molar-refractivity contribution is 7.10. The molecule has 1 saturated heterocycles. The molecule has 126 valence electrons. The number of hydrogen-bond donors (Lipinski definition) is 1. The zero-order chi connectivity index (χ0) is 16.7. The van der Waals surface area contributed by atoms with Crippen LogP contribution in [0.1, 0.15) is 17.8 Å². The Labute approximate surface area is 141 Å². The summed E-state index contributed by atoms with van der Waals surface area (Å²) < 4.78 is 5.42. The number of morpholine rings is 1. The molecule has 1 N–H and O–H groups in total. The lowest BCUT2D eigenvalue weighted by atomic mass is 10.2. The molecule has 0 aromatic carbocycles. The Bertz CT molecular complexity index is 523. The Morgan fingerprint density at radius 3 is 2.91 bits per heavy atom. The van der Waals surface area contributed by atoms with Crippen LogP contribution in [0.15, 0.2) is 17.5 Å². The largest absolute Gasteiger partial charge is 0.379 e. The maximum Gasteiger partial charge on any atom is 0.317 e. The third kappa shape index (κ3) is 5.20. The van der Waals surface area contributed by atoms with E-state index in [4.69, 9.17) is 10.00 Å². The monoisotopic (exact) mass is 336 g/mol. The van der Waals surface area contributed by atoms with E-state index < -0.39 is 0 Å². The van der Waals surface area contributed by atoms with Gasteiger partial charge in [0, 0.05) is 38.1 Å². The molecule has 1 aromatic heterocycles. The quantitative estimate of drug-likeness (QED) is 0.862. The Balaban J connectivity index is 1.93. The van der Waals surface area contributed by atoms with Gasteiger partial charge in [0.25, 0.3) is 0 Å². The topological polar surface area (TPSA) is 68.6 Å². The summed E-state index contributed by atoms with van der Waals surface area (Å²) in [7, 11) is 1.72. The summed E-state index contributed by atoms with van der Waals surface area (Å²) in [5, 5.41) is 13.9. The first-order valence-corrected chi connectivity index (χ1v) is 8.73. The molecule has 2 atom stereocenters. The number of nitrogens with zero attached hydrogens (tertiary/aromatic N) is 3. The van der Waals surface area contributed by atoms with Crippen molar-refractivity contribution >= 4 is 17.4 Å². The lowest BCUT2D eigenvalue weighted by Gasteiger charge is -2.34. The maximum atomic E-state index is 12.2. The van der Waals surface area contributed by atoms with Crippen molar-refractivity contribution in [3.63, 3.8) is 0 Å². The van der Waals surface area contributed by atoms with Crippen molar-refractivity contribution in [3.05, 3.63) is 22.4 Å². The molecule has 1 fully saturated rings. The molecule has 1 aromatic rings. The predicted molar refractivity (Wildman–Crippen MR) is 90.3 cm³/mol. The Kier molecular flexibility index (Phi) is 6.84. The molecule has 0 bridgehead atoms. The van der Waals surface area contributed by atoms with Crippen molar-refractivity contribution in [1.29, 1.82) is 5.26 Å². The fourth-order valence-electron chi connectivity index (χ4n) is 2.63. The minimum atomic E-state index is -0.168. The molecule has 2 rings (SSSR count). The van der Waals surface area contributed by atoms with Crippen molar-refractivity contribution in [2.45, 2.75) is 13.0 Å². The Hall–Kier alpha value is -1.62. The summed E-state index contributed by atoms with van der Waals surface area (Å²) in [5.41, 5.74) is 0. The summed E-state index contributed by atoms with van der Waals surface area (Å²) in [4.78, 5) is 17.4. The van der Waals surface area contributed by atoms with Gasteiger partial charge in [-0.3, -0.25) is 4.90 Å². The molecule has 0 saturated carbocycles. The number of amides is 2. The Morgan fingerprint density at radius 2 is 2.30 bits per heavy atom. The minimum Gasteiger partial charge on any atom is -0.379 e. The van der Waals surface area contributed by atoms with Crippen molar-refractivity contribution in [3.8, 4) is 6.07 Å². The summed E-state index contributed by atoms with van der Waals surface area (Å²) in [6.45, 7) is 6.02. The van der Waals surface area contributed by atoms with E-state index in [1.165, 1.54) is 4.88 Å². The number of nitrogens with one attached hydrogen (secondary N) is 1. The fraction of sp³-hybridized carbons (Fsp3) is 0.625. The van der Waals surface area contributed by atoms with Gasteiger partial charge in [-0.25, -0.2) is 4.79 Å². The van der Waals surface area contributed by atoms with E-state index in [1.54, 1.807) is 23.3 Å².